The van der Waals surface area contributed by atoms with Crippen molar-refractivity contribution in [2.45, 2.75) is 19.4 Å². The SMILES string of the molecule is CC[C@H](Nc1cc(-n2nc(Nc3ccccc3)nc2N)ncn1)c1ccccc1. The lowest BCUT2D eigenvalue weighted by molar-refractivity contribution is 0.742. The van der Waals surface area contributed by atoms with Gasteiger partial charge in [-0.25, -0.2) is 9.97 Å². The Morgan fingerprint density at radius 3 is 2.45 bits per heavy atom. The lowest BCUT2D eigenvalue weighted by Gasteiger charge is -2.18. The first kappa shape index (κ1) is 18.4. The van der Waals surface area contributed by atoms with E-state index in [0.29, 0.717) is 17.6 Å². The Balaban J connectivity index is 1.56. The summed E-state index contributed by atoms with van der Waals surface area (Å²) in [5.41, 5.74) is 8.14. The normalized spacial score (nSPS) is 11.8. The molecule has 4 N–H and O–H groups in total. The largest absolute Gasteiger partial charge is 0.368 e. The van der Waals surface area contributed by atoms with Crippen LogP contribution < -0.4 is 16.4 Å². The minimum atomic E-state index is 0.141. The monoisotopic (exact) mass is 386 g/mol. The third-order valence-electron chi connectivity index (χ3n) is 4.46. The summed E-state index contributed by atoms with van der Waals surface area (Å²) < 4.78 is 1.49. The Kier molecular flexibility index (Phi) is 5.33. The molecular weight excluding hydrogens is 364 g/mol. The molecule has 0 aliphatic rings. The minimum absolute atomic E-state index is 0.141. The third kappa shape index (κ3) is 4.32. The van der Waals surface area contributed by atoms with Gasteiger partial charge in [0.25, 0.3) is 0 Å². The smallest absolute Gasteiger partial charge is 0.248 e. The van der Waals surface area contributed by atoms with Crippen LogP contribution in [0.15, 0.2) is 73.1 Å². The highest BCUT2D eigenvalue weighted by Crippen LogP contribution is 2.22. The standard InChI is InChI=1S/C21H22N8/c1-2-17(15-9-5-3-6-10-15)26-18-13-19(24-14-23-18)29-20(22)27-21(28-29)25-16-11-7-4-8-12-16/h3-14,17H,2H2,1H3,(H,23,24,26)(H3,22,25,27,28)/t17-/m0/s1. The van der Waals surface area contributed by atoms with Crippen molar-refractivity contribution in [2.24, 2.45) is 0 Å². The van der Waals surface area contributed by atoms with Crippen molar-refractivity contribution in [3.63, 3.8) is 0 Å². The highest BCUT2D eigenvalue weighted by molar-refractivity contribution is 5.54. The fourth-order valence-corrected chi connectivity index (χ4v) is 3.02. The van der Waals surface area contributed by atoms with Crippen LogP contribution in [0.4, 0.5) is 23.4 Å². The number of anilines is 4. The highest BCUT2D eigenvalue weighted by atomic mass is 15.4. The summed E-state index contributed by atoms with van der Waals surface area (Å²) in [5, 5.41) is 11.0. The van der Waals surface area contributed by atoms with Gasteiger partial charge in [0.05, 0.1) is 6.04 Å². The summed E-state index contributed by atoms with van der Waals surface area (Å²) in [4.78, 5) is 12.9. The second-order valence-electron chi connectivity index (χ2n) is 6.47. The molecule has 0 saturated carbocycles. The maximum Gasteiger partial charge on any atom is 0.248 e. The van der Waals surface area contributed by atoms with Crippen LogP contribution in [-0.4, -0.2) is 24.7 Å². The molecule has 0 bridgehead atoms. The Bertz CT molecular complexity index is 1060. The van der Waals surface area contributed by atoms with Crippen molar-refractivity contribution in [3.8, 4) is 5.82 Å². The molecule has 0 aliphatic heterocycles. The van der Waals surface area contributed by atoms with E-state index in [4.69, 9.17) is 5.73 Å². The average molecular weight is 386 g/mol. The zero-order valence-electron chi connectivity index (χ0n) is 16.0. The number of rotatable bonds is 7. The molecule has 0 fully saturated rings. The van der Waals surface area contributed by atoms with Gasteiger partial charge in [0.2, 0.25) is 11.9 Å². The zero-order chi connectivity index (χ0) is 20.1. The molecule has 4 rings (SSSR count). The summed E-state index contributed by atoms with van der Waals surface area (Å²) >= 11 is 0. The van der Waals surface area contributed by atoms with Crippen LogP contribution in [0.25, 0.3) is 5.82 Å². The van der Waals surface area contributed by atoms with Crippen LogP contribution >= 0.6 is 0 Å². The van der Waals surface area contributed by atoms with Gasteiger partial charge < -0.3 is 16.4 Å². The van der Waals surface area contributed by atoms with Crippen molar-refractivity contribution in [1.82, 2.24) is 24.7 Å². The number of hydrogen-bond donors (Lipinski definition) is 3. The van der Waals surface area contributed by atoms with E-state index in [1.807, 2.05) is 54.6 Å². The van der Waals surface area contributed by atoms with Crippen LogP contribution in [-0.2, 0) is 0 Å². The number of nitrogen functional groups attached to an aromatic ring is 1. The second-order valence-corrected chi connectivity index (χ2v) is 6.47. The summed E-state index contributed by atoms with van der Waals surface area (Å²) in [7, 11) is 0. The van der Waals surface area contributed by atoms with Crippen molar-refractivity contribution in [2.75, 3.05) is 16.4 Å². The van der Waals surface area contributed by atoms with E-state index in [1.165, 1.54) is 16.6 Å². The number of aromatic nitrogens is 5. The van der Waals surface area contributed by atoms with Crippen molar-refractivity contribution < 1.29 is 0 Å². The first-order valence-corrected chi connectivity index (χ1v) is 9.41. The maximum atomic E-state index is 6.06. The van der Waals surface area contributed by atoms with E-state index < -0.39 is 0 Å². The molecule has 0 unspecified atom stereocenters. The summed E-state index contributed by atoms with van der Waals surface area (Å²) in [6.07, 6.45) is 2.40. The lowest BCUT2D eigenvalue weighted by Crippen LogP contribution is -2.12. The molecule has 29 heavy (non-hydrogen) atoms. The van der Waals surface area contributed by atoms with Crippen molar-refractivity contribution in [1.29, 1.82) is 0 Å². The fourth-order valence-electron chi connectivity index (χ4n) is 3.02. The Hall–Kier alpha value is -3.94. The van der Waals surface area contributed by atoms with Gasteiger partial charge in [-0.2, -0.15) is 9.67 Å². The van der Waals surface area contributed by atoms with Gasteiger partial charge in [-0.05, 0) is 24.1 Å². The van der Waals surface area contributed by atoms with Gasteiger partial charge in [-0.3, -0.25) is 0 Å². The topological polar surface area (TPSA) is 107 Å². The quantitative estimate of drug-likeness (QED) is 0.441. The molecule has 4 aromatic rings. The summed E-state index contributed by atoms with van der Waals surface area (Å²) in [5.74, 6) is 1.87. The molecule has 8 nitrogen and oxygen atoms in total. The predicted octanol–water partition coefficient (Wildman–Crippen LogP) is 3.95. The molecule has 2 heterocycles. The fraction of sp³-hybridized carbons (Fsp3) is 0.143. The molecule has 0 spiro atoms. The van der Waals surface area contributed by atoms with Gasteiger partial charge in [-0.15, -0.1) is 5.10 Å². The van der Waals surface area contributed by atoms with Gasteiger partial charge >= 0.3 is 0 Å². The molecule has 0 saturated heterocycles. The number of nitrogens with zero attached hydrogens (tertiary/aromatic N) is 5. The van der Waals surface area contributed by atoms with Gasteiger partial charge in [0, 0.05) is 11.8 Å². The number of hydrogen-bond acceptors (Lipinski definition) is 7. The molecule has 0 amide bonds. The second kappa shape index (κ2) is 8.39. The predicted molar refractivity (Wildman–Crippen MR) is 114 cm³/mol. The minimum Gasteiger partial charge on any atom is -0.368 e. The number of benzene rings is 2. The van der Waals surface area contributed by atoms with Crippen molar-refractivity contribution in [3.05, 3.63) is 78.6 Å². The molecule has 2 aromatic carbocycles. The Morgan fingerprint density at radius 1 is 1.00 bits per heavy atom. The van der Waals surface area contributed by atoms with E-state index in [1.54, 1.807) is 0 Å². The third-order valence-corrected chi connectivity index (χ3v) is 4.46. The van der Waals surface area contributed by atoms with Crippen LogP contribution in [0.5, 0.6) is 0 Å². The van der Waals surface area contributed by atoms with Crippen molar-refractivity contribution >= 4 is 23.4 Å². The van der Waals surface area contributed by atoms with E-state index in [-0.39, 0.29) is 12.0 Å². The van der Waals surface area contributed by atoms with Gasteiger partial charge in [0.15, 0.2) is 5.82 Å². The lowest BCUT2D eigenvalue weighted by atomic mass is 10.0. The maximum absolute atomic E-state index is 6.06. The van der Waals surface area contributed by atoms with Gasteiger partial charge in [0.1, 0.15) is 12.1 Å². The summed E-state index contributed by atoms with van der Waals surface area (Å²) in [6, 6.07) is 21.9. The molecule has 0 radical (unpaired) electrons. The average Bonchev–Trinajstić information content (AvgIpc) is 3.13. The zero-order valence-corrected chi connectivity index (χ0v) is 16.0. The van der Waals surface area contributed by atoms with E-state index >= 15 is 0 Å². The Labute approximate surface area is 168 Å². The Morgan fingerprint density at radius 2 is 1.72 bits per heavy atom. The molecule has 2 aromatic heterocycles. The first-order chi connectivity index (χ1) is 14.2. The molecule has 8 heteroatoms. The van der Waals surface area contributed by atoms with Gasteiger partial charge in [-0.1, -0.05) is 55.5 Å². The summed E-state index contributed by atoms with van der Waals surface area (Å²) in [6.45, 7) is 2.13. The first-order valence-electron chi connectivity index (χ1n) is 9.41. The van der Waals surface area contributed by atoms with E-state index in [0.717, 1.165) is 12.1 Å². The van der Waals surface area contributed by atoms with Crippen LogP contribution in [0.3, 0.4) is 0 Å². The van der Waals surface area contributed by atoms with Crippen LogP contribution in [0.2, 0.25) is 0 Å². The van der Waals surface area contributed by atoms with E-state index in [9.17, 15) is 0 Å². The molecule has 0 aliphatic carbocycles. The van der Waals surface area contributed by atoms with E-state index in [2.05, 4.69) is 49.7 Å². The number of nitrogens with one attached hydrogen (secondary N) is 2. The number of para-hydroxylation sites is 1. The van der Waals surface area contributed by atoms with Crippen LogP contribution in [0.1, 0.15) is 24.9 Å². The number of nitrogens with two attached hydrogens (primary N) is 1. The molecule has 146 valence electrons. The molecule has 1 atom stereocenters. The van der Waals surface area contributed by atoms with Crippen LogP contribution in [0, 0.1) is 0 Å². The molecular formula is C21H22N8. The highest BCUT2D eigenvalue weighted by Gasteiger charge is 2.13.